The normalized spacial score (nSPS) is 16.0. The summed E-state index contributed by atoms with van der Waals surface area (Å²) >= 11 is 0. The number of benzene rings is 3. The first-order valence-corrected chi connectivity index (χ1v) is 12.4. The predicted octanol–water partition coefficient (Wildman–Crippen LogP) is 6.52. The maximum absolute atomic E-state index is 11.4. The smallest absolute Gasteiger partial charge is 0.317 e. The van der Waals surface area contributed by atoms with Crippen LogP contribution in [0.3, 0.4) is 0 Å². The lowest BCUT2D eigenvalue weighted by Crippen LogP contribution is -2.44. The maximum Gasteiger partial charge on any atom is 0.317 e. The number of nitro benzene ring substituents is 2. The van der Waals surface area contributed by atoms with Crippen LogP contribution in [0.2, 0.25) is 0 Å². The van der Waals surface area contributed by atoms with E-state index in [1.165, 1.54) is 36.1 Å². The molecule has 0 aliphatic heterocycles. The molecule has 5 rings (SSSR count). The minimum Gasteiger partial charge on any atom is -0.474 e. The zero-order valence-electron chi connectivity index (χ0n) is 20.8. The SMILES string of the molecule is C=C(c1ccccc1)C1CC1.CNCC(Oc1ccc([N+](=O)[O-])cc1[N+](=O)[O-])(c1ccccc1)C1CC1. The molecule has 3 aromatic rings. The van der Waals surface area contributed by atoms with Crippen LogP contribution in [0.1, 0.15) is 36.8 Å². The average molecular weight is 502 g/mol. The van der Waals surface area contributed by atoms with Crippen LogP contribution in [0.15, 0.2) is 85.4 Å². The van der Waals surface area contributed by atoms with E-state index >= 15 is 0 Å². The molecule has 2 fully saturated rings. The van der Waals surface area contributed by atoms with Crippen molar-refractivity contribution in [1.82, 2.24) is 5.32 Å². The van der Waals surface area contributed by atoms with Gasteiger partial charge in [-0.05, 0) is 61.4 Å². The fraction of sp³-hybridized carbons (Fsp3) is 0.310. The molecule has 192 valence electrons. The van der Waals surface area contributed by atoms with Gasteiger partial charge in [-0.3, -0.25) is 20.2 Å². The molecule has 0 amide bonds. The van der Waals surface area contributed by atoms with Gasteiger partial charge in [0.15, 0.2) is 5.75 Å². The standard InChI is InChI=1S/C18H19N3O5.C11H12/c1-19-12-18(14-7-8-14,13-5-3-2-4-6-13)26-17-10-9-15(20(22)23)11-16(17)21(24)25;1-9(11-7-8-11)10-5-3-2-4-6-10/h2-6,9-11,14,19H,7-8,12H2,1H3;2-6,11H,1,7-8H2. The highest BCUT2D eigenvalue weighted by molar-refractivity contribution is 5.66. The first-order chi connectivity index (χ1) is 17.9. The molecule has 2 aliphatic carbocycles. The summed E-state index contributed by atoms with van der Waals surface area (Å²) < 4.78 is 6.25. The lowest BCUT2D eigenvalue weighted by atomic mass is 9.88. The second kappa shape index (κ2) is 11.3. The second-order valence-electron chi connectivity index (χ2n) is 9.49. The number of nitrogens with one attached hydrogen (secondary N) is 1. The Morgan fingerprint density at radius 3 is 2.08 bits per heavy atom. The van der Waals surface area contributed by atoms with Gasteiger partial charge in [-0.1, -0.05) is 67.2 Å². The number of allylic oxidation sites excluding steroid dienone is 1. The molecule has 0 spiro atoms. The van der Waals surface area contributed by atoms with Crippen molar-refractivity contribution in [2.75, 3.05) is 13.6 Å². The second-order valence-corrected chi connectivity index (χ2v) is 9.49. The van der Waals surface area contributed by atoms with E-state index in [1.54, 1.807) is 7.05 Å². The summed E-state index contributed by atoms with van der Waals surface area (Å²) in [5.74, 6) is 1.04. The van der Waals surface area contributed by atoms with E-state index in [-0.39, 0.29) is 17.4 Å². The Morgan fingerprint density at radius 2 is 1.57 bits per heavy atom. The van der Waals surface area contributed by atoms with Crippen LogP contribution in [-0.4, -0.2) is 23.4 Å². The molecule has 8 nitrogen and oxygen atoms in total. The van der Waals surface area contributed by atoms with Crippen molar-refractivity contribution in [2.45, 2.75) is 31.3 Å². The van der Waals surface area contributed by atoms with Crippen LogP contribution >= 0.6 is 0 Å². The largest absolute Gasteiger partial charge is 0.474 e. The molecule has 1 atom stereocenters. The Hall–Kier alpha value is -4.04. The molecule has 0 saturated heterocycles. The number of ether oxygens (including phenoxy) is 1. The van der Waals surface area contributed by atoms with Crippen molar-refractivity contribution < 1.29 is 14.6 Å². The molecule has 8 heteroatoms. The third-order valence-electron chi connectivity index (χ3n) is 6.80. The van der Waals surface area contributed by atoms with Gasteiger partial charge in [0.1, 0.15) is 5.60 Å². The van der Waals surface area contributed by atoms with E-state index in [9.17, 15) is 20.2 Å². The van der Waals surface area contributed by atoms with Gasteiger partial charge >= 0.3 is 5.69 Å². The van der Waals surface area contributed by atoms with Crippen LogP contribution in [0.25, 0.3) is 5.57 Å². The number of rotatable bonds is 10. The quantitative estimate of drug-likeness (QED) is 0.250. The minimum atomic E-state index is -0.767. The maximum atomic E-state index is 11.4. The molecule has 1 unspecified atom stereocenters. The number of nitrogens with zero attached hydrogens (tertiary/aromatic N) is 2. The Morgan fingerprint density at radius 1 is 0.946 bits per heavy atom. The molecule has 2 saturated carbocycles. The van der Waals surface area contributed by atoms with Gasteiger partial charge in [-0.25, -0.2) is 0 Å². The molecule has 37 heavy (non-hydrogen) atoms. The predicted molar refractivity (Wildman–Crippen MR) is 143 cm³/mol. The van der Waals surface area contributed by atoms with E-state index in [1.807, 2.05) is 36.4 Å². The number of hydrogen-bond acceptors (Lipinski definition) is 6. The molecule has 3 aromatic carbocycles. The van der Waals surface area contributed by atoms with Gasteiger partial charge in [0.2, 0.25) is 0 Å². The molecular formula is C29H31N3O5. The number of likely N-dealkylation sites (N-methyl/N-ethyl adjacent to an activating group) is 1. The van der Waals surface area contributed by atoms with Gasteiger partial charge < -0.3 is 10.1 Å². The lowest BCUT2D eigenvalue weighted by molar-refractivity contribution is -0.395. The fourth-order valence-electron chi connectivity index (χ4n) is 4.56. The van der Waals surface area contributed by atoms with Crippen LogP contribution in [0.5, 0.6) is 5.75 Å². The van der Waals surface area contributed by atoms with Crippen LogP contribution in [0, 0.1) is 32.1 Å². The minimum absolute atomic E-state index is 0.0339. The van der Waals surface area contributed by atoms with Crippen LogP contribution < -0.4 is 10.1 Å². The van der Waals surface area contributed by atoms with Crippen LogP contribution in [-0.2, 0) is 5.60 Å². The lowest BCUT2D eigenvalue weighted by Gasteiger charge is -2.35. The Bertz CT molecular complexity index is 1260. The van der Waals surface area contributed by atoms with E-state index < -0.39 is 21.1 Å². The van der Waals surface area contributed by atoms with E-state index in [0.717, 1.165) is 30.4 Å². The van der Waals surface area contributed by atoms with Gasteiger partial charge in [-0.15, -0.1) is 0 Å². The Labute approximate surface area is 216 Å². The molecule has 0 heterocycles. The van der Waals surface area contributed by atoms with Gasteiger partial charge in [0, 0.05) is 18.5 Å². The van der Waals surface area contributed by atoms with Crippen molar-refractivity contribution in [3.63, 3.8) is 0 Å². The summed E-state index contributed by atoms with van der Waals surface area (Å²) in [5, 5.41) is 25.5. The molecule has 0 radical (unpaired) electrons. The summed E-state index contributed by atoms with van der Waals surface area (Å²) in [5.41, 5.74) is 2.05. The molecule has 1 N–H and O–H groups in total. The Kier molecular flexibility index (Phi) is 7.98. The van der Waals surface area contributed by atoms with Crippen molar-refractivity contribution in [2.24, 2.45) is 11.8 Å². The fourth-order valence-corrected chi connectivity index (χ4v) is 4.56. The summed E-state index contributed by atoms with van der Waals surface area (Å²) in [6.45, 7) is 4.56. The van der Waals surface area contributed by atoms with Crippen LogP contribution in [0.4, 0.5) is 11.4 Å². The van der Waals surface area contributed by atoms with E-state index in [2.05, 4.69) is 36.2 Å². The monoisotopic (exact) mass is 501 g/mol. The topological polar surface area (TPSA) is 108 Å². The van der Waals surface area contributed by atoms with Gasteiger partial charge in [0.25, 0.3) is 5.69 Å². The highest BCUT2D eigenvalue weighted by Crippen LogP contribution is 2.49. The molecule has 0 aromatic heterocycles. The molecular weight excluding hydrogens is 470 g/mol. The van der Waals surface area contributed by atoms with Crippen molar-refractivity contribution in [3.8, 4) is 5.75 Å². The number of non-ortho nitro benzene ring substituents is 1. The van der Waals surface area contributed by atoms with Crippen molar-refractivity contribution >= 4 is 16.9 Å². The van der Waals surface area contributed by atoms with Gasteiger partial charge in [0.05, 0.1) is 15.9 Å². The summed E-state index contributed by atoms with van der Waals surface area (Å²) in [6, 6.07) is 23.5. The van der Waals surface area contributed by atoms with Crippen molar-refractivity contribution in [1.29, 1.82) is 0 Å². The molecule has 2 aliphatic rings. The van der Waals surface area contributed by atoms with Crippen molar-refractivity contribution in [3.05, 3.63) is 117 Å². The highest BCUT2D eigenvalue weighted by atomic mass is 16.6. The summed E-state index contributed by atoms with van der Waals surface area (Å²) in [7, 11) is 1.80. The first-order valence-electron chi connectivity index (χ1n) is 12.4. The zero-order valence-corrected chi connectivity index (χ0v) is 20.8. The number of nitro groups is 2. The van der Waals surface area contributed by atoms with E-state index in [0.29, 0.717) is 6.54 Å². The first kappa shape index (κ1) is 26.0. The Balaban J connectivity index is 0.000000241. The molecule has 0 bridgehead atoms. The number of hydrogen-bond donors (Lipinski definition) is 1. The zero-order chi connectivity index (χ0) is 26.4. The van der Waals surface area contributed by atoms with Gasteiger partial charge in [-0.2, -0.15) is 0 Å². The summed E-state index contributed by atoms with van der Waals surface area (Å²) in [6.07, 6.45) is 4.59. The summed E-state index contributed by atoms with van der Waals surface area (Å²) in [4.78, 5) is 21.1. The van der Waals surface area contributed by atoms with E-state index in [4.69, 9.17) is 4.74 Å². The third kappa shape index (κ3) is 6.21. The third-order valence-corrected chi connectivity index (χ3v) is 6.80. The average Bonchev–Trinajstić information content (AvgIpc) is 3.83. The highest BCUT2D eigenvalue weighted by Gasteiger charge is 2.49.